The van der Waals surface area contributed by atoms with Gasteiger partial charge in [0.25, 0.3) is 0 Å². The van der Waals surface area contributed by atoms with E-state index in [9.17, 15) is 15.0 Å². The standard InChI is InChI=1S/C20H17ClN2O4/c1-2-27-17-5-3-4-12(19(17)21)10-22-11-16(25)13-6-8-15(24)20-14(13)7-9-18(26)23-20/h1,3-9,16,22,24-25H,10-11H2,(H,23,26)/t16-/m0/s1. The Bertz CT molecular complexity index is 1070. The van der Waals surface area contributed by atoms with Gasteiger partial charge in [0.15, 0.2) is 5.75 Å². The molecule has 0 saturated carbocycles. The molecule has 3 rings (SSSR count). The SMILES string of the molecule is C#COc1cccc(CNC[C@H](O)c2ccc(O)c3[nH]c(=O)ccc23)c1Cl. The fraction of sp³-hybridized carbons (Fsp3) is 0.150. The van der Waals surface area contributed by atoms with Crippen LogP contribution < -0.4 is 15.6 Å². The van der Waals surface area contributed by atoms with Crippen molar-refractivity contribution in [2.75, 3.05) is 6.54 Å². The number of fused-ring (bicyclic) bond motifs is 1. The Morgan fingerprint density at radius 1 is 1.26 bits per heavy atom. The lowest BCUT2D eigenvalue weighted by molar-refractivity contribution is 0.176. The molecule has 1 aromatic heterocycles. The number of phenols is 1. The number of nitrogens with one attached hydrogen (secondary N) is 2. The molecule has 1 heterocycles. The van der Waals surface area contributed by atoms with E-state index in [0.717, 1.165) is 5.56 Å². The van der Waals surface area contributed by atoms with Crippen LogP contribution in [0.1, 0.15) is 17.2 Å². The maximum Gasteiger partial charge on any atom is 0.248 e. The Morgan fingerprint density at radius 2 is 2.07 bits per heavy atom. The number of aromatic hydroxyl groups is 1. The van der Waals surface area contributed by atoms with Gasteiger partial charge in [-0.1, -0.05) is 36.2 Å². The van der Waals surface area contributed by atoms with Crippen molar-refractivity contribution in [2.24, 2.45) is 0 Å². The summed E-state index contributed by atoms with van der Waals surface area (Å²) in [6.45, 7) is 0.625. The second-order valence-electron chi connectivity index (χ2n) is 5.88. The smallest absolute Gasteiger partial charge is 0.248 e. The van der Waals surface area contributed by atoms with E-state index in [4.69, 9.17) is 22.8 Å². The van der Waals surface area contributed by atoms with E-state index >= 15 is 0 Å². The summed E-state index contributed by atoms with van der Waals surface area (Å²) in [7, 11) is 0. The van der Waals surface area contributed by atoms with Crippen LogP contribution in [0.4, 0.5) is 0 Å². The molecule has 7 heteroatoms. The number of aliphatic hydroxyl groups excluding tert-OH is 1. The van der Waals surface area contributed by atoms with Crippen molar-refractivity contribution in [3.63, 3.8) is 0 Å². The topological polar surface area (TPSA) is 94.6 Å². The Kier molecular flexibility index (Phi) is 5.67. The van der Waals surface area contributed by atoms with Crippen LogP contribution in [-0.4, -0.2) is 21.7 Å². The first-order valence-electron chi connectivity index (χ1n) is 8.14. The quantitative estimate of drug-likeness (QED) is 0.490. The van der Waals surface area contributed by atoms with Gasteiger partial charge in [0.05, 0.1) is 16.6 Å². The number of H-pyrrole nitrogens is 1. The van der Waals surface area contributed by atoms with E-state index in [1.807, 2.05) is 6.07 Å². The number of aromatic nitrogens is 1. The normalized spacial score (nSPS) is 11.9. The maximum atomic E-state index is 11.5. The molecule has 0 fully saturated rings. The number of phenolic OH excluding ortho intramolecular Hbond substituents is 1. The molecular formula is C20H17ClN2O4. The van der Waals surface area contributed by atoms with E-state index in [1.165, 1.54) is 12.1 Å². The molecule has 6 nitrogen and oxygen atoms in total. The molecule has 27 heavy (non-hydrogen) atoms. The molecule has 3 aromatic rings. The third-order valence-electron chi connectivity index (χ3n) is 4.13. The van der Waals surface area contributed by atoms with Gasteiger partial charge < -0.3 is 25.3 Å². The number of aliphatic hydroxyl groups is 1. The number of pyridine rings is 1. The highest BCUT2D eigenvalue weighted by Crippen LogP contribution is 2.29. The molecule has 138 valence electrons. The van der Waals surface area contributed by atoms with Crippen LogP contribution in [0.5, 0.6) is 11.5 Å². The van der Waals surface area contributed by atoms with Crippen LogP contribution in [0.15, 0.2) is 47.3 Å². The summed E-state index contributed by atoms with van der Waals surface area (Å²) in [6, 6.07) is 11.3. The summed E-state index contributed by atoms with van der Waals surface area (Å²) in [5.74, 6) is 0.344. The Balaban J connectivity index is 1.74. The van der Waals surface area contributed by atoms with E-state index < -0.39 is 6.10 Å². The molecule has 0 aliphatic rings. The van der Waals surface area contributed by atoms with Gasteiger partial charge in [-0.2, -0.15) is 0 Å². The van der Waals surface area contributed by atoms with E-state index in [2.05, 4.69) is 16.4 Å². The third-order valence-corrected chi connectivity index (χ3v) is 4.56. The van der Waals surface area contributed by atoms with E-state index in [1.54, 1.807) is 24.3 Å². The number of hydrogen-bond donors (Lipinski definition) is 4. The molecule has 0 amide bonds. The molecule has 1 atom stereocenters. The minimum absolute atomic E-state index is 0.0521. The average Bonchev–Trinajstić information content (AvgIpc) is 2.65. The number of terminal acetylenes is 1. The van der Waals surface area contributed by atoms with Crippen LogP contribution in [0, 0.1) is 12.5 Å². The molecule has 0 bridgehead atoms. The summed E-state index contributed by atoms with van der Waals surface area (Å²) in [5, 5.41) is 24.6. The zero-order valence-corrected chi connectivity index (χ0v) is 15.0. The van der Waals surface area contributed by atoms with Crippen LogP contribution in [0.25, 0.3) is 10.9 Å². The molecule has 0 saturated heterocycles. The van der Waals surface area contributed by atoms with Gasteiger partial charge in [0, 0.05) is 24.5 Å². The van der Waals surface area contributed by atoms with Gasteiger partial charge in [0.1, 0.15) is 11.9 Å². The maximum absolute atomic E-state index is 11.5. The van der Waals surface area contributed by atoms with Gasteiger partial charge in [0.2, 0.25) is 5.56 Å². The third kappa shape index (κ3) is 4.07. The predicted octanol–water partition coefficient (Wildman–Crippen LogP) is 2.68. The van der Waals surface area contributed by atoms with Crippen molar-refractivity contribution in [3.8, 4) is 24.0 Å². The highest BCUT2D eigenvalue weighted by atomic mass is 35.5. The van der Waals surface area contributed by atoms with Gasteiger partial charge in [-0.3, -0.25) is 4.79 Å². The first-order chi connectivity index (χ1) is 13.0. The second kappa shape index (κ2) is 8.14. The van der Waals surface area contributed by atoms with Gasteiger partial charge in [-0.05, 0) is 29.3 Å². The Morgan fingerprint density at radius 3 is 2.85 bits per heavy atom. The Hall–Kier alpha value is -2.98. The number of ether oxygens (including phenoxy) is 1. The van der Waals surface area contributed by atoms with Crippen molar-refractivity contribution in [1.82, 2.24) is 10.3 Å². The van der Waals surface area contributed by atoms with Gasteiger partial charge in [-0.25, -0.2) is 0 Å². The van der Waals surface area contributed by atoms with Gasteiger partial charge >= 0.3 is 0 Å². The van der Waals surface area contributed by atoms with Crippen LogP contribution in [0.2, 0.25) is 5.02 Å². The summed E-state index contributed by atoms with van der Waals surface area (Å²) in [4.78, 5) is 14.1. The lowest BCUT2D eigenvalue weighted by Gasteiger charge is -2.16. The van der Waals surface area contributed by atoms with Crippen LogP contribution >= 0.6 is 11.6 Å². The first-order valence-corrected chi connectivity index (χ1v) is 8.52. The zero-order chi connectivity index (χ0) is 19.4. The van der Waals surface area contributed by atoms with E-state index in [-0.39, 0.29) is 17.9 Å². The van der Waals surface area contributed by atoms with Crippen molar-refractivity contribution < 1.29 is 14.9 Å². The molecule has 4 N–H and O–H groups in total. The number of rotatable bonds is 6. The lowest BCUT2D eigenvalue weighted by Crippen LogP contribution is -2.21. The molecule has 2 aromatic carbocycles. The monoisotopic (exact) mass is 384 g/mol. The largest absolute Gasteiger partial charge is 0.506 e. The summed E-state index contributed by atoms with van der Waals surface area (Å²) in [6.07, 6.45) is 6.35. The summed E-state index contributed by atoms with van der Waals surface area (Å²) in [5.41, 5.74) is 1.33. The molecule has 0 aliphatic carbocycles. The number of hydrogen-bond acceptors (Lipinski definition) is 5. The second-order valence-corrected chi connectivity index (χ2v) is 6.26. The highest BCUT2D eigenvalue weighted by molar-refractivity contribution is 6.32. The Labute approximate surface area is 160 Å². The summed E-state index contributed by atoms with van der Waals surface area (Å²) < 4.78 is 5.01. The number of halogens is 1. The first kappa shape index (κ1) is 18.8. The fourth-order valence-corrected chi connectivity index (χ4v) is 3.07. The molecule has 0 spiro atoms. The van der Waals surface area contributed by atoms with Gasteiger partial charge in [-0.15, -0.1) is 0 Å². The number of aromatic amines is 1. The van der Waals surface area contributed by atoms with Crippen molar-refractivity contribution in [1.29, 1.82) is 0 Å². The minimum Gasteiger partial charge on any atom is -0.506 e. The van der Waals surface area contributed by atoms with Crippen molar-refractivity contribution >= 4 is 22.5 Å². The minimum atomic E-state index is -0.858. The lowest BCUT2D eigenvalue weighted by atomic mass is 10.0. The highest BCUT2D eigenvalue weighted by Gasteiger charge is 2.14. The van der Waals surface area contributed by atoms with Crippen LogP contribution in [-0.2, 0) is 6.54 Å². The molecule has 0 radical (unpaired) electrons. The van der Waals surface area contributed by atoms with Crippen molar-refractivity contribution in [3.05, 3.63) is 69.0 Å². The molecular weight excluding hydrogens is 368 g/mol. The fourth-order valence-electron chi connectivity index (χ4n) is 2.84. The summed E-state index contributed by atoms with van der Waals surface area (Å²) >= 11 is 6.25. The average molecular weight is 385 g/mol. The predicted molar refractivity (Wildman–Crippen MR) is 104 cm³/mol. The molecule has 0 aliphatic heterocycles. The van der Waals surface area contributed by atoms with Crippen molar-refractivity contribution in [2.45, 2.75) is 12.6 Å². The van der Waals surface area contributed by atoms with Crippen LogP contribution in [0.3, 0.4) is 0 Å². The van der Waals surface area contributed by atoms with E-state index in [0.29, 0.717) is 33.8 Å². The molecule has 0 unspecified atom stereocenters. The zero-order valence-electron chi connectivity index (χ0n) is 14.2. The number of benzene rings is 2.